The van der Waals surface area contributed by atoms with Gasteiger partial charge in [-0.25, -0.2) is 4.79 Å². The molecule has 2 unspecified atom stereocenters. The number of aliphatic hydroxyl groups excluding tert-OH is 1. The van der Waals surface area contributed by atoms with Gasteiger partial charge in [0.25, 0.3) is 0 Å². The molecule has 2 rings (SSSR count). The van der Waals surface area contributed by atoms with Crippen LogP contribution in [0.3, 0.4) is 0 Å². The molecule has 1 saturated heterocycles. The lowest BCUT2D eigenvalue weighted by Crippen LogP contribution is -2.60. The molecule has 3 N–H and O–H groups in total. The Morgan fingerprint density at radius 3 is 2.50 bits per heavy atom. The average molecular weight is 306 g/mol. The summed E-state index contributed by atoms with van der Waals surface area (Å²) in [7, 11) is 0. The van der Waals surface area contributed by atoms with Gasteiger partial charge in [-0.2, -0.15) is 0 Å². The molecule has 2 atom stereocenters. The number of carbonyl (C=O) groups is 1. The standard InChI is InChI=1S/C17H26N2O3/c1-16(2,3)14-11-17(12-20,9-10-19(14)15(21)22)18-13-7-5-4-6-8-13/h4-8,14,18,20H,9-12H2,1-3H3,(H,21,22). The Morgan fingerprint density at radius 1 is 1.36 bits per heavy atom. The molecule has 5 heteroatoms. The number of nitrogens with zero attached hydrogens (tertiary/aromatic N) is 1. The average Bonchev–Trinajstić information content (AvgIpc) is 2.47. The zero-order valence-corrected chi connectivity index (χ0v) is 13.5. The predicted octanol–water partition coefficient (Wildman–Crippen LogP) is 3.02. The summed E-state index contributed by atoms with van der Waals surface area (Å²) in [5.74, 6) is 0. The largest absolute Gasteiger partial charge is 0.465 e. The third-order valence-corrected chi connectivity index (χ3v) is 4.52. The Labute approximate surface area is 131 Å². The van der Waals surface area contributed by atoms with Crippen molar-refractivity contribution in [3.8, 4) is 0 Å². The lowest BCUT2D eigenvalue weighted by molar-refractivity contribution is 0.0222. The molecule has 0 saturated carbocycles. The quantitative estimate of drug-likeness (QED) is 0.802. The van der Waals surface area contributed by atoms with Crippen LogP contribution in [0.25, 0.3) is 0 Å². The number of benzene rings is 1. The Morgan fingerprint density at radius 2 is 2.00 bits per heavy atom. The van der Waals surface area contributed by atoms with Gasteiger partial charge in [0.1, 0.15) is 0 Å². The molecule has 0 radical (unpaired) electrons. The smallest absolute Gasteiger partial charge is 0.407 e. The fourth-order valence-electron chi connectivity index (χ4n) is 3.20. The molecule has 0 aromatic heterocycles. The third kappa shape index (κ3) is 3.53. The molecular formula is C17H26N2O3. The van der Waals surface area contributed by atoms with Gasteiger partial charge in [0.15, 0.2) is 0 Å². The molecule has 0 spiro atoms. The maximum absolute atomic E-state index is 11.5. The number of rotatable bonds is 3. The first-order valence-electron chi connectivity index (χ1n) is 7.71. The van der Waals surface area contributed by atoms with Gasteiger partial charge >= 0.3 is 6.09 Å². The summed E-state index contributed by atoms with van der Waals surface area (Å²) in [4.78, 5) is 13.0. The summed E-state index contributed by atoms with van der Waals surface area (Å²) < 4.78 is 0. The van der Waals surface area contributed by atoms with E-state index in [0.717, 1.165) is 5.69 Å². The lowest BCUT2D eigenvalue weighted by Gasteiger charge is -2.50. The van der Waals surface area contributed by atoms with Gasteiger partial charge in [0.05, 0.1) is 12.1 Å². The van der Waals surface area contributed by atoms with E-state index in [4.69, 9.17) is 0 Å². The van der Waals surface area contributed by atoms with Gasteiger partial charge in [0, 0.05) is 18.3 Å². The van der Waals surface area contributed by atoms with Crippen molar-refractivity contribution in [1.29, 1.82) is 0 Å². The zero-order chi connectivity index (χ0) is 16.4. The van der Waals surface area contributed by atoms with E-state index in [1.54, 1.807) is 0 Å². The third-order valence-electron chi connectivity index (χ3n) is 4.52. The van der Waals surface area contributed by atoms with Crippen molar-refractivity contribution in [2.24, 2.45) is 5.41 Å². The highest BCUT2D eigenvalue weighted by molar-refractivity contribution is 5.66. The van der Waals surface area contributed by atoms with Gasteiger partial charge in [-0.1, -0.05) is 39.0 Å². The van der Waals surface area contributed by atoms with Crippen LogP contribution in [0.5, 0.6) is 0 Å². The topological polar surface area (TPSA) is 72.8 Å². The van der Waals surface area contributed by atoms with Crippen LogP contribution in [0.15, 0.2) is 30.3 Å². The summed E-state index contributed by atoms with van der Waals surface area (Å²) in [6, 6.07) is 9.63. The van der Waals surface area contributed by atoms with E-state index in [0.29, 0.717) is 19.4 Å². The second-order valence-corrected chi connectivity index (χ2v) is 7.24. The summed E-state index contributed by atoms with van der Waals surface area (Å²) in [6.07, 6.45) is 0.303. The number of amides is 1. The molecule has 0 bridgehead atoms. The SMILES string of the molecule is CC(C)(C)C1CC(CO)(Nc2ccccc2)CCN1C(=O)O. The molecule has 1 aliphatic rings. The molecule has 1 fully saturated rings. The minimum Gasteiger partial charge on any atom is -0.465 e. The van der Waals surface area contributed by atoms with E-state index >= 15 is 0 Å². The fraction of sp³-hybridized carbons (Fsp3) is 0.588. The number of hydrogen-bond acceptors (Lipinski definition) is 3. The van der Waals surface area contributed by atoms with Crippen molar-refractivity contribution in [2.45, 2.75) is 45.2 Å². The molecule has 1 heterocycles. The van der Waals surface area contributed by atoms with Gasteiger partial charge in [-0.3, -0.25) is 0 Å². The predicted molar refractivity (Wildman–Crippen MR) is 87.1 cm³/mol. The molecule has 1 aromatic rings. The molecule has 122 valence electrons. The Bertz CT molecular complexity index is 512. The first kappa shape index (κ1) is 16.6. The van der Waals surface area contributed by atoms with E-state index in [2.05, 4.69) is 5.32 Å². The normalized spacial score (nSPS) is 25.8. The van der Waals surface area contributed by atoms with Crippen molar-refractivity contribution in [1.82, 2.24) is 4.90 Å². The number of anilines is 1. The van der Waals surface area contributed by atoms with E-state index in [9.17, 15) is 15.0 Å². The summed E-state index contributed by atoms with van der Waals surface area (Å²) in [5.41, 5.74) is 0.288. The minimum absolute atomic E-state index is 0.0120. The van der Waals surface area contributed by atoms with Gasteiger partial charge in [-0.15, -0.1) is 0 Å². The van der Waals surface area contributed by atoms with Crippen LogP contribution < -0.4 is 5.32 Å². The van der Waals surface area contributed by atoms with Crippen molar-refractivity contribution in [2.75, 3.05) is 18.5 Å². The molecule has 22 heavy (non-hydrogen) atoms. The molecule has 1 aromatic carbocycles. The van der Waals surface area contributed by atoms with Crippen LogP contribution in [-0.4, -0.2) is 45.9 Å². The number of para-hydroxylation sites is 1. The second kappa shape index (κ2) is 6.16. The van der Waals surface area contributed by atoms with Crippen molar-refractivity contribution < 1.29 is 15.0 Å². The fourth-order valence-corrected chi connectivity index (χ4v) is 3.20. The van der Waals surface area contributed by atoms with Crippen LogP contribution in [0, 0.1) is 5.41 Å². The maximum Gasteiger partial charge on any atom is 0.407 e. The summed E-state index contributed by atoms with van der Waals surface area (Å²) >= 11 is 0. The highest BCUT2D eigenvalue weighted by Crippen LogP contribution is 2.38. The molecule has 0 aliphatic carbocycles. The number of hydrogen-bond donors (Lipinski definition) is 3. The van der Waals surface area contributed by atoms with Crippen molar-refractivity contribution in [3.05, 3.63) is 30.3 Å². The summed E-state index contributed by atoms with van der Waals surface area (Å²) in [5, 5.41) is 22.9. The lowest BCUT2D eigenvalue weighted by atomic mass is 9.73. The highest BCUT2D eigenvalue weighted by Gasteiger charge is 2.45. The monoisotopic (exact) mass is 306 g/mol. The maximum atomic E-state index is 11.5. The van der Waals surface area contributed by atoms with Crippen LogP contribution in [-0.2, 0) is 0 Å². The van der Waals surface area contributed by atoms with Gasteiger partial charge in [-0.05, 0) is 30.4 Å². The molecule has 5 nitrogen and oxygen atoms in total. The van der Waals surface area contributed by atoms with Gasteiger partial charge in [0.2, 0.25) is 0 Å². The Balaban J connectivity index is 2.25. The van der Waals surface area contributed by atoms with Crippen LogP contribution in [0.4, 0.5) is 10.5 Å². The van der Waals surface area contributed by atoms with E-state index in [1.165, 1.54) is 4.90 Å². The Hall–Kier alpha value is -1.75. The number of piperidine rings is 1. The summed E-state index contributed by atoms with van der Waals surface area (Å²) in [6.45, 7) is 6.55. The highest BCUT2D eigenvalue weighted by atomic mass is 16.4. The van der Waals surface area contributed by atoms with E-state index in [1.807, 2.05) is 51.1 Å². The number of likely N-dealkylation sites (tertiary alicyclic amines) is 1. The molecule has 1 aliphatic heterocycles. The molecule has 1 amide bonds. The second-order valence-electron chi connectivity index (χ2n) is 7.24. The minimum atomic E-state index is -0.883. The Kier molecular flexibility index (Phi) is 4.66. The van der Waals surface area contributed by atoms with Gasteiger partial charge < -0.3 is 20.4 Å². The number of carboxylic acid groups (broad SMARTS) is 1. The van der Waals surface area contributed by atoms with Crippen LogP contribution >= 0.6 is 0 Å². The van der Waals surface area contributed by atoms with Crippen LogP contribution in [0.2, 0.25) is 0 Å². The van der Waals surface area contributed by atoms with Crippen LogP contribution in [0.1, 0.15) is 33.6 Å². The first-order chi connectivity index (χ1) is 10.3. The van der Waals surface area contributed by atoms with Crippen molar-refractivity contribution >= 4 is 11.8 Å². The van der Waals surface area contributed by atoms with E-state index in [-0.39, 0.29) is 18.1 Å². The number of aliphatic hydroxyl groups is 1. The molecular weight excluding hydrogens is 280 g/mol. The zero-order valence-electron chi connectivity index (χ0n) is 13.5. The first-order valence-corrected chi connectivity index (χ1v) is 7.71. The number of nitrogens with one attached hydrogen (secondary N) is 1. The van der Waals surface area contributed by atoms with E-state index < -0.39 is 11.6 Å². The van der Waals surface area contributed by atoms with Crippen molar-refractivity contribution in [3.63, 3.8) is 0 Å².